The fourth-order valence-electron chi connectivity index (χ4n) is 0.400. The molecule has 0 N–H and O–H groups in total. The van der Waals surface area contributed by atoms with Crippen LogP contribution in [0.25, 0.3) is 0 Å². The van der Waals surface area contributed by atoms with Crippen LogP contribution in [0.2, 0.25) is 0 Å². The minimum Gasteiger partial charge on any atom is -0.308 e. The molecule has 0 aromatic rings. The Balaban J connectivity index is 0. The van der Waals surface area contributed by atoms with Crippen LogP contribution in [0.1, 0.15) is 1.43 Å². The molecule has 8 heavy (non-hydrogen) atoms. The van der Waals surface area contributed by atoms with E-state index in [0.29, 0.717) is 0 Å². The summed E-state index contributed by atoms with van der Waals surface area (Å²) in [6.07, 6.45) is 0. The van der Waals surface area contributed by atoms with E-state index in [-0.39, 0.29) is 1.43 Å². The molecule has 0 aliphatic heterocycles. The van der Waals surface area contributed by atoms with Gasteiger partial charge in [0.15, 0.2) is 0 Å². The predicted octanol–water partition coefficient (Wildman–Crippen LogP) is 0.356. The van der Waals surface area contributed by atoms with Gasteiger partial charge in [-0.05, 0) is 28.2 Å². The van der Waals surface area contributed by atoms with Crippen molar-refractivity contribution in [3.63, 3.8) is 0 Å². The van der Waals surface area contributed by atoms with Crippen LogP contribution in [-0.4, -0.2) is 51.1 Å². The molecular weight excluding hydrogens is 100 g/mol. The molecular formula is C6H18N2. The zero-order valence-corrected chi connectivity index (χ0v) is 6.31. The van der Waals surface area contributed by atoms with Crippen LogP contribution in [0.5, 0.6) is 0 Å². The smallest absolute Gasteiger partial charge is 0.0103 e. The SMILES string of the molecule is CN(C)CCN(C)C.[HH]. The Morgan fingerprint density at radius 2 is 1.12 bits per heavy atom. The van der Waals surface area contributed by atoms with Crippen LogP contribution >= 0.6 is 0 Å². The van der Waals surface area contributed by atoms with Crippen molar-refractivity contribution in [2.24, 2.45) is 0 Å². The Labute approximate surface area is 53.6 Å². The van der Waals surface area contributed by atoms with Crippen molar-refractivity contribution in [1.29, 1.82) is 0 Å². The lowest BCUT2D eigenvalue weighted by Gasteiger charge is -2.13. The average Bonchev–Trinajstić information content (AvgIpc) is 1.61. The van der Waals surface area contributed by atoms with Crippen molar-refractivity contribution in [3.05, 3.63) is 0 Å². The van der Waals surface area contributed by atoms with Gasteiger partial charge in [0.25, 0.3) is 0 Å². The van der Waals surface area contributed by atoms with Gasteiger partial charge in [0.2, 0.25) is 0 Å². The fraction of sp³-hybridized carbons (Fsp3) is 1.00. The van der Waals surface area contributed by atoms with Gasteiger partial charge in [0, 0.05) is 14.5 Å². The van der Waals surface area contributed by atoms with Gasteiger partial charge in [-0.15, -0.1) is 0 Å². The van der Waals surface area contributed by atoms with Crippen molar-refractivity contribution in [3.8, 4) is 0 Å². The van der Waals surface area contributed by atoms with E-state index in [1.807, 2.05) is 0 Å². The highest BCUT2D eigenvalue weighted by Crippen LogP contribution is 1.76. The zero-order valence-electron chi connectivity index (χ0n) is 6.31. The Bertz CT molecular complexity index is 47.0. The molecule has 0 spiro atoms. The van der Waals surface area contributed by atoms with E-state index >= 15 is 0 Å². The molecule has 0 rings (SSSR count). The van der Waals surface area contributed by atoms with Crippen molar-refractivity contribution in [1.82, 2.24) is 9.80 Å². The van der Waals surface area contributed by atoms with E-state index in [0.717, 1.165) is 13.1 Å². The first kappa shape index (κ1) is 7.92. The molecule has 2 heteroatoms. The predicted molar refractivity (Wildman–Crippen MR) is 39.2 cm³/mol. The molecule has 2 nitrogen and oxygen atoms in total. The van der Waals surface area contributed by atoms with Gasteiger partial charge in [-0.25, -0.2) is 0 Å². The molecule has 0 saturated carbocycles. The maximum atomic E-state index is 2.18. The Kier molecular flexibility index (Phi) is 3.83. The first-order valence-corrected chi connectivity index (χ1v) is 2.92. The summed E-state index contributed by atoms with van der Waals surface area (Å²) < 4.78 is 0. The molecule has 0 fully saturated rings. The molecule has 0 aromatic carbocycles. The maximum absolute atomic E-state index is 2.18. The van der Waals surface area contributed by atoms with Gasteiger partial charge >= 0.3 is 0 Å². The number of rotatable bonds is 3. The monoisotopic (exact) mass is 118 g/mol. The molecule has 0 atom stereocenters. The van der Waals surface area contributed by atoms with Gasteiger partial charge < -0.3 is 9.80 Å². The summed E-state index contributed by atoms with van der Waals surface area (Å²) in [5.41, 5.74) is 0. The highest BCUT2D eigenvalue weighted by molar-refractivity contribution is 4.45. The summed E-state index contributed by atoms with van der Waals surface area (Å²) in [6, 6.07) is 0. The molecule has 0 heterocycles. The third-order valence-electron chi connectivity index (χ3n) is 0.994. The topological polar surface area (TPSA) is 6.48 Å². The molecule has 0 aliphatic rings. The molecule has 0 aliphatic carbocycles. The van der Waals surface area contributed by atoms with Crippen LogP contribution in [0.4, 0.5) is 0 Å². The van der Waals surface area contributed by atoms with Gasteiger partial charge in [-0.3, -0.25) is 0 Å². The van der Waals surface area contributed by atoms with Gasteiger partial charge in [-0.1, -0.05) is 0 Å². The minimum absolute atomic E-state index is 0. The summed E-state index contributed by atoms with van der Waals surface area (Å²) in [5.74, 6) is 0. The highest BCUT2D eigenvalue weighted by atomic mass is 15.1. The summed E-state index contributed by atoms with van der Waals surface area (Å²) in [6.45, 7) is 2.29. The third kappa shape index (κ3) is 5.92. The van der Waals surface area contributed by atoms with E-state index in [4.69, 9.17) is 0 Å². The van der Waals surface area contributed by atoms with Crippen LogP contribution in [-0.2, 0) is 0 Å². The Morgan fingerprint density at radius 1 is 0.875 bits per heavy atom. The van der Waals surface area contributed by atoms with Crippen molar-refractivity contribution >= 4 is 0 Å². The fourth-order valence-corrected chi connectivity index (χ4v) is 0.400. The number of likely N-dealkylation sites (N-methyl/N-ethyl adjacent to an activating group) is 2. The average molecular weight is 118 g/mol. The molecule has 0 radical (unpaired) electrons. The van der Waals surface area contributed by atoms with E-state index in [9.17, 15) is 0 Å². The summed E-state index contributed by atoms with van der Waals surface area (Å²) >= 11 is 0. The normalized spacial score (nSPS) is 11.2. The molecule has 0 amide bonds. The lowest BCUT2D eigenvalue weighted by Crippen LogP contribution is -2.25. The van der Waals surface area contributed by atoms with Crippen LogP contribution in [0.15, 0.2) is 0 Å². The van der Waals surface area contributed by atoms with Crippen LogP contribution in [0, 0.1) is 0 Å². The quantitative estimate of drug-likeness (QED) is 0.528. The second-order valence-electron chi connectivity index (χ2n) is 2.61. The number of hydrogen-bond donors (Lipinski definition) is 0. The molecule has 0 bridgehead atoms. The molecule has 0 aromatic heterocycles. The van der Waals surface area contributed by atoms with Crippen molar-refractivity contribution in [2.45, 2.75) is 0 Å². The second kappa shape index (κ2) is 3.87. The van der Waals surface area contributed by atoms with E-state index in [2.05, 4.69) is 38.0 Å². The third-order valence-corrected chi connectivity index (χ3v) is 0.994. The lowest BCUT2D eigenvalue weighted by atomic mass is 10.5. The number of nitrogens with zero attached hydrogens (tertiary/aromatic N) is 2. The van der Waals surface area contributed by atoms with Gasteiger partial charge in [0.05, 0.1) is 0 Å². The maximum Gasteiger partial charge on any atom is 0.0103 e. The summed E-state index contributed by atoms with van der Waals surface area (Å²) in [5, 5.41) is 0. The Hall–Kier alpha value is -0.0800. The Morgan fingerprint density at radius 3 is 1.25 bits per heavy atom. The summed E-state index contributed by atoms with van der Waals surface area (Å²) in [7, 11) is 8.35. The summed E-state index contributed by atoms with van der Waals surface area (Å²) in [4.78, 5) is 4.36. The standard InChI is InChI=1S/C6H16N2.H2/c1-7(2)5-6-8(3)4;/h5-6H2,1-4H3;1H. The van der Waals surface area contributed by atoms with Crippen molar-refractivity contribution in [2.75, 3.05) is 41.3 Å². The number of hydrogen-bond acceptors (Lipinski definition) is 2. The van der Waals surface area contributed by atoms with Crippen molar-refractivity contribution < 1.29 is 1.43 Å². The van der Waals surface area contributed by atoms with E-state index in [1.165, 1.54) is 0 Å². The van der Waals surface area contributed by atoms with Crippen LogP contribution < -0.4 is 0 Å². The highest BCUT2D eigenvalue weighted by Gasteiger charge is 1.89. The van der Waals surface area contributed by atoms with E-state index in [1.54, 1.807) is 0 Å². The van der Waals surface area contributed by atoms with Crippen LogP contribution in [0.3, 0.4) is 0 Å². The van der Waals surface area contributed by atoms with E-state index < -0.39 is 0 Å². The zero-order chi connectivity index (χ0) is 6.57. The first-order valence-electron chi connectivity index (χ1n) is 2.92. The van der Waals surface area contributed by atoms with Gasteiger partial charge in [-0.2, -0.15) is 0 Å². The largest absolute Gasteiger partial charge is 0.308 e. The minimum atomic E-state index is 0. The lowest BCUT2D eigenvalue weighted by molar-refractivity contribution is 0.320. The first-order chi connectivity index (χ1) is 3.63. The molecule has 0 unspecified atom stereocenters. The molecule has 52 valence electrons. The second-order valence-corrected chi connectivity index (χ2v) is 2.61. The van der Waals surface area contributed by atoms with Gasteiger partial charge in [0.1, 0.15) is 0 Å². The molecule has 0 saturated heterocycles.